The van der Waals surface area contributed by atoms with Crippen LogP contribution in [0, 0.1) is 0 Å². The van der Waals surface area contributed by atoms with Gasteiger partial charge in [0.2, 0.25) is 0 Å². The Morgan fingerprint density at radius 1 is 1.25 bits per heavy atom. The first-order valence-electron chi connectivity index (χ1n) is 8.10. The van der Waals surface area contributed by atoms with Gasteiger partial charge in [0.1, 0.15) is 11.6 Å². The van der Waals surface area contributed by atoms with E-state index in [0.717, 1.165) is 34.9 Å². The van der Waals surface area contributed by atoms with E-state index in [1.165, 1.54) is 0 Å². The summed E-state index contributed by atoms with van der Waals surface area (Å²) in [6, 6.07) is 11.7. The van der Waals surface area contributed by atoms with E-state index in [1.807, 2.05) is 36.4 Å². The van der Waals surface area contributed by atoms with Crippen molar-refractivity contribution in [2.45, 2.75) is 25.8 Å². The number of aliphatic hydroxyl groups excluding tert-OH is 1. The molecule has 0 amide bonds. The van der Waals surface area contributed by atoms with E-state index in [1.54, 1.807) is 17.8 Å². The molecule has 126 valence electrons. The maximum absolute atomic E-state index is 9.45. The zero-order chi connectivity index (χ0) is 16.9. The molecule has 1 aromatic carbocycles. The van der Waals surface area contributed by atoms with Crippen LogP contribution in [0.3, 0.4) is 0 Å². The van der Waals surface area contributed by atoms with Crippen molar-refractivity contribution in [3.05, 3.63) is 53.9 Å². The zero-order valence-electron chi connectivity index (χ0n) is 13.9. The maximum atomic E-state index is 9.45. The second-order valence-corrected chi connectivity index (χ2v) is 5.57. The quantitative estimate of drug-likeness (QED) is 0.698. The van der Waals surface area contributed by atoms with Crippen LogP contribution in [0.5, 0.6) is 5.75 Å². The van der Waals surface area contributed by atoms with Gasteiger partial charge < -0.3 is 15.2 Å². The Hall–Kier alpha value is -2.60. The fourth-order valence-corrected chi connectivity index (χ4v) is 2.71. The van der Waals surface area contributed by atoms with Crippen LogP contribution in [-0.4, -0.2) is 33.4 Å². The zero-order valence-corrected chi connectivity index (χ0v) is 13.9. The molecule has 0 saturated heterocycles. The Kier molecular flexibility index (Phi) is 4.96. The number of nitrogens with one attached hydrogen (secondary N) is 1. The third kappa shape index (κ3) is 3.33. The summed E-state index contributed by atoms with van der Waals surface area (Å²) in [6.45, 7) is 2.17. The van der Waals surface area contributed by atoms with E-state index in [9.17, 15) is 5.11 Å². The molecule has 3 rings (SSSR count). The number of aryl methyl sites for hydroxylation is 1. The average Bonchev–Trinajstić information content (AvgIpc) is 3.10. The highest BCUT2D eigenvalue weighted by atomic mass is 16.5. The molecule has 0 saturated carbocycles. The first-order valence-corrected chi connectivity index (χ1v) is 8.10. The van der Waals surface area contributed by atoms with Gasteiger partial charge in [-0.3, -0.25) is 0 Å². The molecule has 24 heavy (non-hydrogen) atoms. The molecule has 1 atom stereocenters. The Balaban J connectivity index is 1.94. The van der Waals surface area contributed by atoms with Crippen LogP contribution >= 0.6 is 0 Å². The van der Waals surface area contributed by atoms with E-state index in [0.29, 0.717) is 6.42 Å². The fourth-order valence-electron chi connectivity index (χ4n) is 2.71. The number of methoxy groups -OCH3 is 1. The minimum atomic E-state index is -0.0274. The Labute approximate surface area is 141 Å². The molecule has 0 radical (unpaired) electrons. The molecule has 0 fully saturated rings. The van der Waals surface area contributed by atoms with Crippen LogP contribution in [0.4, 0.5) is 5.82 Å². The third-order valence-corrected chi connectivity index (χ3v) is 4.03. The third-order valence-electron chi connectivity index (χ3n) is 4.03. The van der Waals surface area contributed by atoms with E-state index in [4.69, 9.17) is 4.74 Å². The van der Waals surface area contributed by atoms with Crippen molar-refractivity contribution in [1.29, 1.82) is 0 Å². The summed E-state index contributed by atoms with van der Waals surface area (Å²) in [5, 5.41) is 17.3. The number of rotatable bonds is 7. The highest BCUT2D eigenvalue weighted by molar-refractivity contribution is 5.50. The maximum Gasteiger partial charge on any atom is 0.157 e. The van der Waals surface area contributed by atoms with Gasteiger partial charge in [-0.25, -0.2) is 4.98 Å². The van der Waals surface area contributed by atoms with Crippen molar-refractivity contribution in [2.24, 2.45) is 0 Å². The molecular weight excluding hydrogens is 304 g/mol. The number of nitrogens with zero attached hydrogens (tertiary/aromatic N) is 3. The van der Waals surface area contributed by atoms with E-state index < -0.39 is 0 Å². The van der Waals surface area contributed by atoms with Gasteiger partial charge in [-0.1, -0.05) is 19.1 Å². The van der Waals surface area contributed by atoms with Crippen molar-refractivity contribution in [3.63, 3.8) is 0 Å². The summed E-state index contributed by atoms with van der Waals surface area (Å²) in [5.74, 6) is 1.68. The van der Waals surface area contributed by atoms with Crippen molar-refractivity contribution < 1.29 is 9.84 Å². The van der Waals surface area contributed by atoms with Gasteiger partial charge in [0, 0.05) is 24.4 Å². The van der Waals surface area contributed by atoms with Gasteiger partial charge in [-0.15, -0.1) is 0 Å². The molecular formula is C18H22N4O2. The van der Waals surface area contributed by atoms with Crippen molar-refractivity contribution in [2.75, 3.05) is 19.0 Å². The molecule has 0 spiro atoms. The molecule has 6 nitrogen and oxygen atoms in total. The monoisotopic (exact) mass is 326 g/mol. The normalized spacial score (nSPS) is 12.3. The number of hydrogen-bond donors (Lipinski definition) is 2. The molecule has 0 aliphatic rings. The fraction of sp³-hybridized carbons (Fsp3) is 0.333. The number of benzene rings is 1. The van der Waals surface area contributed by atoms with Gasteiger partial charge in [0.25, 0.3) is 0 Å². The molecule has 2 N–H and O–H groups in total. The molecule has 0 aliphatic heterocycles. The first-order chi connectivity index (χ1) is 11.7. The molecule has 6 heteroatoms. The second-order valence-electron chi connectivity index (χ2n) is 5.57. The van der Waals surface area contributed by atoms with E-state index >= 15 is 0 Å². The van der Waals surface area contributed by atoms with Crippen molar-refractivity contribution >= 4 is 11.5 Å². The van der Waals surface area contributed by atoms with Gasteiger partial charge >= 0.3 is 0 Å². The predicted molar refractivity (Wildman–Crippen MR) is 93.4 cm³/mol. The molecule has 3 aromatic rings. The van der Waals surface area contributed by atoms with Crippen LogP contribution in [0.2, 0.25) is 0 Å². The second kappa shape index (κ2) is 7.31. The lowest BCUT2D eigenvalue weighted by Crippen LogP contribution is -2.15. The van der Waals surface area contributed by atoms with Crippen LogP contribution in [-0.2, 0) is 6.42 Å². The summed E-state index contributed by atoms with van der Waals surface area (Å²) >= 11 is 0. The minimum Gasteiger partial charge on any atom is -0.497 e. The lowest BCUT2D eigenvalue weighted by molar-refractivity contribution is 0.280. The number of fused-ring (bicyclic) bond motifs is 1. The van der Waals surface area contributed by atoms with Crippen molar-refractivity contribution in [1.82, 2.24) is 14.6 Å². The van der Waals surface area contributed by atoms with Gasteiger partial charge in [-0.05, 0) is 30.5 Å². The van der Waals surface area contributed by atoms with E-state index in [2.05, 4.69) is 22.3 Å². The minimum absolute atomic E-state index is 0.0274. The Morgan fingerprint density at radius 3 is 2.71 bits per heavy atom. The van der Waals surface area contributed by atoms with Crippen LogP contribution in [0.25, 0.3) is 5.65 Å². The highest BCUT2D eigenvalue weighted by Gasteiger charge is 2.14. The average molecular weight is 326 g/mol. The van der Waals surface area contributed by atoms with Gasteiger partial charge in [0.05, 0.1) is 19.3 Å². The molecule has 0 aliphatic carbocycles. The van der Waals surface area contributed by atoms with Gasteiger partial charge in [0.15, 0.2) is 5.65 Å². The smallest absolute Gasteiger partial charge is 0.157 e. The number of aliphatic hydroxyl groups is 1. The lowest BCUT2D eigenvalue weighted by Gasteiger charge is -2.20. The molecule has 1 unspecified atom stereocenters. The lowest BCUT2D eigenvalue weighted by atomic mass is 10.0. The molecule has 2 aromatic heterocycles. The predicted octanol–water partition coefficient (Wildman–Crippen LogP) is 2.84. The first kappa shape index (κ1) is 16.3. The van der Waals surface area contributed by atoms with Crippen molar-refractivity contribution in [3.8, 4) is 5.75 Å². The van der Waals surface area contributed by atoms with Crippen LogP contribution in [0.15, 0.2) is 42.6 Å². The summed E-state index contributed by atoms with van der Waals surface area (Å²) in [5.41, 5.74) is 2.90. The SMILES string of the molecule is CCc1cc(NC(CCO)c2ccc(OC)cc2)n2nccc2n1. The van der Waals surface area contributed by atoms with Crippen LogP contribution in [0.1, 0.15) is 30.6 Å². The number of aromatic nitrogens is 3. The van der Waals surface area contributed by atoms with E-state index in [-0.39, 0.29) is 12.6 Å². The number of anilines is 1. The molecule has 2 heterocycles. The van der Waals surface area contributed by atoms with Gasteiger partial charge in [-0.2, -0.15) is 9.61 Å². The Bertz CT molecular complexity index is 798. The topological polar surface area (TPSA) is 71.7 Å². The molecule has 0 bridgehead atoms. The summed E-state index contributed by atoms with van der Waals surface area (Å²) in [7, 11) is 1.65. The summed E-state index contributed by atoms with van der Waals surface area (Å²) in [4.78, 5) is 4.56. The largest absolute Gasteiger partial charge is 0.497 e. The van der Waals surface area contributed by atoms with Crippen LogP contribution < -0.4 is 10.1 Å². The highest BCUT2D eigenvalue weighted by Crippen LogP contribution is 2.25. The standard InChI is InChI=1S/C18H22N4O2/c1-3-14-12-18(22-17(20-14)8-10-19-22)21-16(9-11-23)13-4-6-15(24-2)7-5-13/h4-8,10,12,16,21,23H,3,9,11H2,1-2H3. The Morgan fingerprint density at radius 2 is 2.04 bits per heavy atom. The number of hydrogen-bond acceptors (Lipinski definition) is 5. The summed E-state index contributed by atoms with van der Waals surface area (Å²) in [6.07, 6.45) is 3.18. The summed E-state index contributed by atoms with van der Waals surface area (Å²) < 4.78 is 7.00. The number of ether oxygens (including phenoxy) is 1.